The molecule has 3 N–H and O–H groups in total. The Kier molecular flexibility index (Phi) is 10.3. The van der Waals surface area contributed by atoms with Crippen LogP contribution in [0.15, 0.2) is 42.5 Å². The van der Waals surface area contributed by atoms with Gasteiger partial charge in [-0.15, -0.1) is 6.42 Å². The van der Waals surface area contributed by atoms with Crippen molar-refractivity contribution in [3.05, 3.63) is 59.2 Å². The monoisotopic (exact) mass is 395 g/mol. The highest BCUT2D eigenvalue weighted by molar-refractivity contribution is 5.76. The SMILES string of the molecule is C#CCOc1ccc(CCC(=O)NCc2ccc(COC#C)cc2)cc1OC.O. The van der Waals surface area contributed by atoms with Crippen LogP contribution in [0, 0.1) is 24.9 Å². The van der Waals surface area contributed by atoms with E-state index < -0.39 is 0 Å². The van der Waals surface area contributed by atoms with Crippen molar-refractivity contribution in [1.82, 2.24) is 5.32 Å². The van der Waals surface area contributed by atoms with Gasteiger partial charge in [-0.1, -0.05) is 42.7 Å². The van der Waals surface area contributed by atoms with E-state index in [2.05, 4.69) is 17.3 Å². The standard InChI is InChI=1S/C23H23NO4.H2O/c1-4-14-28-21-12-10-18(15-22(21)26-3)11-13-23(25)24-16-19-6-8-20(9-7-19)17-27-5-2;/h1-2,6-10,12,15H,11,13-14,16-17H2,3H3,(H,24,25);1H2. The van der Waals surface area contributed by atoms with E-state index in [9.17, 15) is 4.79 Å². The lowest BCUT2D eigenvalue weighted by molar-refractivity contribution is -0.121. The minimum atomic E-state index is -0.0219. The molecule has 2 aromatic rings. The van der Waals surface area contributed by atoms with Gasteiger partial charge in [0.2, 0.25) is 5.91 Å². The van der Waals surface area contributed by atoms with E-state index >= 15 is 0 Å². The van der Waals surface area contributed by atoms with Crippen molar-refractivity contribution in [2.24, 2.45) is 0 Å². The second-order valence-electron chi connectivity index (χ2n) is 5.98. The molecule has 0 aliphatic heterocycles. The molecule has 29 heavy (non-hydrogen) atoms. The molecule has 0 aliphatic rings. The third-order valence-electron chi connectivity index (χ3n) is 4.01. The van der Waals surface area contributed by atoms with Gasteiger partial charge < -0.3 is 25.0 Å². The molecule has 2 rings (SSSR count). The first-order chi connectivity index (χ1) is 13.7. The average Bonchev–Trinajstić information content (AvgIpc) is 2.74. The summed E-state index contributed by atoms with van der Waals surface area (Å²) in [6, 6.07) is 13.3. The predicted octanol–water partition coefficient (Wildman–Crippen LogP) is 2.24. The number of carbonyl (C=O) groups is 1. The summed E-state index contributed by atoms with van der Waals surface area (Å²) in [6.07, 6.45) is 13.4. The van der Waals surface area contributed by atoms with E-state index in [0.29, 0.717) is 37.5 Å². The highest BCUT2D eigenvalue weighted by Gasteiger charge is 2.08. The van der Waals surface area contributed by atoms with Gasteiger partial charge in [-0.25, -0.2) is 0 Å². The van der Waals surface area contributed by atoms with Crippen LogP contribution in [0.5, 0.6) is 11.5 Å². The smallest absolute Gasteiger partial charge is 0.220 e. The molecule has 6 nitrogen and oxygen atoms in total. The summed E-state index contributed by atoms with van der Waals surface area (Å²) in [6.45, 7) is 1.02. The maximum absolute atomic E-state index is 12.1. The topological polar surface area (TPSA) is 88.3 Å². The van der Waals surface area contributed by atoms with Gasteiger partial charge >= 0.3 is 0 Å². The number of nitrogens with one attached hydrogen (secondary N) is 1. The summed E-state index contributed by atoms with van der Waals surface area (Å²) in [5.74, 6) is 3.58. The molecule has 152 valence electrons. The number of amides is 1. The first kappa shape index (κ1) is 23.4. The van der Waals surface area contributed by atoms with Gasteiger partial charge in [0.05, 0.1) is 7.11 Å². The number of terminal acetylenes is 2. The Morgan fingerprint density at radius 2 is 1.72 bits per heavy atom. The minimum Gasteiger partial charge on any atom is -0.493 e. The predicted molar refractivity (Wildman–Crippen MR) is 111 cm³/mol. The maximum Gasteiger partial charge on any atom is 0.220 e. The number of aryl methyl sites for hydroxylation is 1. The van der Waals surface area contributed by atoms with Crippen molar-refractivity contribution in [1.29, 1.82) is 0 Å². The normalized spacial score (nSPS) is 9.34. The zero-order valence-corrected chi connectivity index (χ0v) is 16.4. The quantitative estimate of drug-likeness (QED) is 0.625. The lowest BCUT2D eigenvalue weighted by atomic mass is 10.1. The van der Waals surface area contributed by atoms with Crippen molar-refractivity contribution in [2.45, 2.75) is 26.0 Å². The summed E-state index contributed by atoms with van der Waals surface area (Å²) >= 11 is 0. The molecule has 0 spiro atoms. The van der Waals surface area contributed by atoms with E-state index in [1.807, 2.05) is 36.4 Å². The molecular formula is C23H25NO5. The first-order valence-corrected chi connectivity index (χ1v) is 8.81. The molecule has 6 heteroatoms. The van der Waals surface area contributed by atoms with Crippen LogP contribution in [0.25, 0.3) is 0 Å². The largest absolute Gasteiger partial charge is 0.493 e. The van der Waals surface area contributed by atoms with Crippen molar-refractivity contribution in [3.63, 3.8) is 0 Å². The van der Waals surface area contributed by atoms with Crippen LogP contribution < -0.4 is 14.8 Å². The Bertz CT molecular complexity index is 862. The molecule has 0 aliphatic carbocycles. The summed E-state index contributed by atoms with van der Waals surface area (Å²) in [5, 5.41) is 2.92. The minimum absolute atomic E-state index is 0. The van der Waals surface area contributed by atoms with E-state index in [1.165, 1.54) is 0 Å². The van der Waals surface area contributed by atoms with Gasteiger partial charge in [-0.2, -0.15) is 0 Å². The van der Waals surface area contributed by atoms with Crippen molar-refractivity contribution in [2.75, 3.05) is 13.7 Å². The van der Waals surface area contributed by atoms with Crippen LogP contribution in [0.1, 0.15) is 23.1 Å². The van der Waals surface area contributed by atoms with Gasteiger partial charge in [0, 0.05) is 13.0 Å². The van der Waals surface area contributed by atoms with Crippen molar-refractivity contribution < 1.29 is 24.5 Å². The molecule has 0 aromatic heterocycles. The van der Waals surface area contributed by atoms with Crippen molar-refractivity contribution in [3.8, 4) is 36.4 Å². The summed E-state index contributed by atoms with van der Waals surface area (Å²) in [5.41, 5.74) is 2.98. The van der Waals surface area contributed by atoms with Crippen LogP contribution in [0.2, 0.25) is 0 Å². The Hall–Kier alpha value is -3.61. The summed E-state index contributed by atoms with van der Waals surface area (Å²) in [4.78, 5) is 12.1. The lowest BCUT2D eigenvalue weighted by Crippen LogP contribution is -2.23. The Morgan fingerprint density at radius 3 is 2.38 bits per heavy atom. The summed E-state index contributed by atoms with van der Waals surface area (Å²) < 4.78 is 15.6. The first-order valence-electron chi connectivity index (χ1n) is 8.81. The number of hydrogen-bond acceptors (Lipinski definition) is 4. The second kappa shape index (κ2) is 12.7. The van der Waals surface area contributed by atoms with Crippen LogP contribution in [0.3, 0.4) is 0 Å². The molecule has 0 unspecified atom stereocenters. The van der Waals surface area contributed by atoms with E-state index in [1.54, 1.807) is 13.2 Å². The van der Waals surface area contributed by atoms with E-state index in [0.717, 1.165) is 16.7 Å². The van der Waals surface area contributed by atoms with Crippen LogP contribution in [-0.2, 0) is 29.1 Å². The molecule has 1 amide bonds. The fourth-order valence-corrected chi connectivity index (χ4v) is 2.53. The third kappa shape index (κ3) is 7.88. The molecule has 0 fully saturated rings. The fourth-order valence-electron chi connectivity index (χ4n) is 2.53. The number of benzene rings is 2. The van der Waals surface area contributed by atoms with E-state index in [-0.39, 0.29) is 18.0 Å². The van der Waals surface area contributed by atoms with Crippen LogP contribution in [0.4, 0.5) is 0 Å². The fraction of sp³-hybridized carbons (Fsp3) is 0.261. The molecule has 2 aromatic carbocycles. The van der Waals surface area contributed by atoms with Gasteiger partial charge in [-0.05, 0) is 35.2 Å². The van der Waals surface area contributed by atoms with Gasteiger partial charge in [-0.3, -0.25) is 4.79 Å². The molecule has 0 saturated carbocycles. The highest BCUT2D eigenvalue weighted by Crippen LogP contribution is 2.28. The number of hydrogen-bond donors (Lipinski definition) is 1. The zero-order chi connectivity index (χ0) is 20.2. The Morgan fingerprint density at radius 1 is 1.03 bits per heavy atom. The third-order valence-corrected chi connectivity index (χ3v) is 4.01. The van der Waals surface area contributed by atoms with Gasteiger partial charge in [0.1, 0.15) is 19.3 Å². The van der Waals surface area contributed by atoms with Crippen LogP contribution in [-0.4, -0.2) is 25.1 Å². The molecule has 0 atom stereocenters. The Labute approximate surface area is 171 Å². The molecule has 0 heterocycles. The number of rotatable bonds is 10. The van der Waals surface area contributed by atoms with Crippen LogP contribution >= 0.6 is 0 Å². The second-order valence-corrected chi connectivity index (χ2v) is 5.98. The lowest BCUT2D eigenvalue weighted by Gasteiger charge is -2.11. The highest BCUT2D eigenvalue weighted by atomic mass is 16.5. The number of methoxy groups -OCH3 is 1. The van der Waals surface area contributed by atoms with Gasteiger partial charge in [0.15, 0.2) is 11.5 Å². The van der Waals surface area contributed by atoms with Crippen molar-refractivity contribution >= 4 is 5.91 Å². The van der Waals surface area contributed by atoms with Gasteiger partial charge in [0.25, 0.3) is 0 Å². The number of carbonyl (C=O) groups excluding carboxylic acids is 1. The molecule has 0 radical (unpaired) electrons. The molecular weight excluding hydrogens is 370 g/mol. The Balaban J connectivity index is 0.00000420. The zero-order valence-electron chi connectivity index (χ0n) is 16.4. The maximum atomic E-state index is 12.1. The molecule has 0 saturated heterocycles. The molecule has 0 bridgehead atoms. The average molecular weight is 395 g/mol. The summed E-state index contributed by atoms with van der Waals surface area (Å²) in [7, 11) is 1.57. The number of ether oxygens (including phenoxy) is 3. The van der Waals surface area contributed by atoms with E-state index in [4.69, 9.17) is 27.1 Å².